The van der Waals surface area contributed by atoms with Crippen LogP contribution in [0, 0.1) is 12.7 Å². The van der Waals surface area contributed by atoms with Gasteiger partial charge in [-0.05, 0) is 42.3 Å². The van der Waals surface area contributed by atoms with E-state index in [2.05, 4.69) is 9.97 Å². The zero-order chi connectivity index (χ0) is 12.4. The van der Waals surface area contributed by atoms with Gasteiger partial charge in [0.15, 0.2) is 0 Å². The number of benzene rings is 1. The molecule has 0 N–H and O–H groups in total. The van der Waals surface area contributed by atoms with Gasteiger partial charge in [0.05, 0.1) is 6.20 Å². The molecular weight excluding hydrogens is 266 g/mol. The zero-order valence-corrected chi connectivity index (χ0v) is 10.3. The highest BCUT2D eigenvalue weighted by molar-refractivity contribution is 6.32. The molecular formula is C11H7Cl2FN2O. The van der Waals surface area contributed by atoms with E-state index in [9.17, 15) is 4.39 Å². The maximum Gasteiger partial charge on any atom is 0.242 e. The Balaban J connectivity index is 2.31. The van der Waals surface area contributed by atoms with Crippen LogP contribution in [0.2, 0.25) is 10.3 Å². The van der Waals surface area contributed by atoms with Crippen LogP contribution in [0.15, 0.2) is 24.4 Å². The summed E-state index contributed by atoms with van der Waals surface area (Å²) in [5, 5.41) is 0.264. The van der Waals surface area contributed by atoms with Crippen molar-refractivity contribution in [2.24, 2.45) is 0 Å². The van der Waals surface area contributed by atoms with Crippen molar-refractivity contribution in [1.29, 1.82) is 0 Å². The molecule has 1 heterocycles. The minimum atomic E-state index is -0.302. The van der Waals surface area contributed by atoms with Crippen LogP contribution in [-0.2, 0) is 0 Å². The molecule has 0 aliphatic heterocycles. The number of rotatable bonds is 2. The lowest BCUT2D eigenvalue weighted by Crippen LogP contribution is -1.92. The molecule has 2 aromatic rings. The van der Waals surface area contributed by atoms with Gasteiger partial charge in [-0.25, -0.2) is 9.37 Å². The van der Waals surface area contributed by atoms with E-state index >= 15 is 0 Å². The maximum absolute atomic E-state index is 13.1. The molecule has 0 aliphatic carbocycles. The van der Waals surface area contributed by atoms with Crippen LogP contribution in [-0.4, -0.2) is 9.97 Å². The van der Waals surface area contributed by atoms with Gasteiger partial charge in [-0.15, -0.1) is 0 Å². The Morgan fingerprint density at radius 2 is 2.06 bits per heavy atom. The highest BCUT2D eigenvalue weighted by Crippen LogP contribution is 2.28. The monoisotopic (exact) mass is 272 g/mol. The molecule has 0 saturated heterocycles. The Hall–Kier alpha value is -1.39. The van der Waals surface area contributed by atoms with E-state index < -0.39 is 0 Å². The molecule has 6 heteroatoms. The van der Waals surface area contributed by atoms with Crippen molar-refractivity contribution in [3.05, 3.63) is 46.1 Å². The molecule has 0 fully saturated rings. The molecule has 0 atom stereocenters. The van der Waals surface area contributed by atoms with Crippen molar-refractivity contribution in [1.82, 2.24) is 9.97 Å². The predicted molar refractivity (Wildman–Crippen MR) is 63.3 cm³/mol. The van der Waals surface area contributed by atoms with E-state index in [0.717, 1.165) is 0 Å². The average molecular weight is 273 g/mol. The van der Waals surface area contributed by atoms with Crippen LogP contribution in [0.1, 0.15) is 5.56 Å². The molecule has 0 unspecified atom stereocenters. The first-order valence-corrected chi connectivity index (χ1v) is 5.44. The van der Waals surface area contributed by atoms with Crippen LogP contribution in [0.25, 0.3) is 0 Å². The summed E-state index contributed by atoms with van der Waals surface area (Å²) in [5.41, 5.74) is 0.471. The molecule has 0 bridgehead atoms. The van der Waals surface area contributed by atoms with Crippen molar-refractivity contribution in [2.45, 2.75) is 6.92 Å². The summed E-state index contributed by atoms with van der Waals surface area (Å²) in [7, 11) is 0. The van der Waals surface area contributed by atoms with Gasteiger partial charge < -0.3 is 4.74 Å². The normalized spacial score (nSPS) is 10.4. The van der Waals surface area contributed by atoms with Gasteiger partial charge in [0.2, 0.25) is 11.2 Å². The fourth-order valence-electron chi connectivity index (χ4n) is 1.20. The lowest BCUT2D eigenvalue weighted by Gasteiger charge is -2.07. The van der Waals surface area contributed by atoms with Gasteiger partial charge in [0, 0.05) is 0 Å². The fraction of sp³-hybridized carbons (Fsp3) is 0.0909. The number of hydrogen-bond acceptors (Lipinski definition) is 3. The van der Waals surface area contributed by atoms with Gasteiger partial charge in [0.25, 0.3) is 0 Å². The first kappa shape index (κ1) is 12.1. The summed E-state index contributed by atoms with van der Waals surface area (Å²) in [6.45, 7) is 1.64. The van der Waals surface area contributed by atoms with E-state index in [1.165, 1.54) is 18.3 Å². The van der Waals surface area contributed by atoms with Gasteiger partial charge in [-0.2, -0.15) is 4.98 Å². The van der Waals surface area contributed by atoms with Gasteiger partial charge in [-0.3, -0.25) is 0 Å². The summed E-state index contributed by atoms with van der Waals surface area (Å²) in [4.78, 5) is 7.52. The Bertz CT molecular complexity index is 563. The number of hydrogen-bond donors (Lipinski definition) is 0. The van der Waals surface area contributed by atoms with Crippen molar-refractivity contribution in [2.75, 3.05) is 0 Å². The number of aryl methyl sites for hydroxylation is 1. The zero-order valence-electron chi connectivity index (χ0n) is 8.75. The summed E-state index contributed by atoms with van der Waals surface area (Å²) in [5.74, 6) is 0.266. The summed E-state index contributed by atoms with van der Waals surface area (Å²) in [6.07, 6.45) is 1.34. The third kappa shape index (κ3) is 2.84. The largest absolute Gasteiger partial charge is 0.437 e. The third-order valence-electron chi connectivity index (χ3n) is 2.03. The Labute approximate surface area is 107 Å². The van der Waals surface area contributed by atoms with Crippen LogP contribution in [0.3, 0.4) is 0 Å². The molecule has 0 aliphatic rings. The second-order valence-electron chi connectivity index (χ2n) is 3.31. The fourth-order valence-corrected chi connectivity index (χ4v) is 1.45. The summed E-state index contributed by atoms with van der Waals surface area (Å²) >= 11 is 11.5. The Morgan fingerprint density at radius 3 is 2.76 bits per heavy atom. The second kappa shape index (κ2) is 4.85. The van der Waals surface area contributed by atoms with Crippen molar-refractivity contribution in [3.8, 4) is 11.6 Å². The second-order valence-corrected chi connectivity index (χ2v) is 4.05. The van der Waals surface area contributed by atoms with E-state index in [1.54, 1.807) is 13.0 Å². The predicted octanol–water partition coefficient (Wildman–Crippen LogP) is 4.02. The van der Waals surface area contributed by atoms with E-state index in [0.29, 0.717) is 11.3 Å². The molecule has 2 rings (SSSR count). The molecule has 0 amide bonds. The SMILES string of the molecule is Cc1cc(Oc2nc(Cl)ncc2Cl)ccc1F. The first-order valence-electron chi connectivity index (χ1n) is 4.68. The molecule has 0 radical (unpaired) electrons. The highest BCUT2D eigenvalue weighted by Gasteiger charge is 2.08. The maximum atomic E-state index is 13.1. The third-order valence-corrected chi connectivity index (χ3v) is 2.47. The lowest BCUT2D eigenvalue weighted by molar-refractivity contribution is 0.459. The topological polar surface area (TPSA) is 35.0 Å². The summed E-state index contributed by atoms with van der Waals surface area (Å²) < 4.78 is 18.4. The molecule has 88 valence electrons. The Kier molecular flexibility index (Phi) is 3.45. The van der Waals surface area contributed by atoms with Gasteiger partial charge >= 0.3 is 0 Å². The number of halogens is 3. The quantitative estimate of drug-likeness (QED) is 0.775. The lowest BCUT2D eigenvalue weighted by atomic mass is 10.2. The molecule has 1 aromatic carbocycles. The highest BCUT2D eigenvalue weighted by atomic mass is 35.5. The van der Waals surface area contributed by atoms with Crippen LogP contribution >= 0.6 is 23.2 Å². The number of ether oxygens (including phenoxy) is 1. The minimum absolute atomic E-state index is 0.0308. The van der Waals surface area contributed by atoms with Crippen molar-refractivity contribution < 1.29 is 9.13 Å². The van der Waals surface area contributed by atoms with E-state index in [1.807, 2.05) is 0 Å². The van der Waals surface area contributed by atoms with Gasteiger partial charge in [0.1, 0.15) is 16.6 Å². The average Bonchev–Trinajstić information content (AvgIpc) is 2.29. The molecule has 3 nitrogen and oxygen atoms in total. The standard InChI is InChI=1S/C11H7Cl2FN2O/c1-6-4-7(2-3-9(6)14)17-10-8(12)5-15-11(13)16-10/h2-5H,1H3. The number of aromatic nitrogens is 2. The number of nitrogens with zero attached hydrogens (tertiary/aromatic N) is 2. The smallest absolute Gasteiger partial charge is 0.242 e. The molecule has 1 aromatic heterocycles. The molecule has 0 spiro atoms. The van der Waals surface area contributed by atoms with Crippen molar-refractivity contribution in [3.63, 3.8) is 0 Å². The summed E-state index contributed by atoms with van der Waals surface area (Å²) in [6, 6.07) is 4.33. The van der Waals surface area contributed by atoms with Crippen molar-refractivity contribution >= 4 is 23.2 Å². The van der Waals surface area contributed by atoms with Crippen LogP contribution < -0.4 is 4.74 Å². The molecule has 0 saturated carbocycles. The van der Waals surface area contributed by atoms with Crippen LogP contribution in [0.5, 0.6) is 11.6 Å². The van der Waals surface area contributed by atoms with E-state index in [-0.39, 0.29) is 22.0 Å². The Morgan fingerprint density at radius 1 is 1.29 bits per heavy atom. The minimum Gasteiger partial charge on any atom is -0.437 e. The van der Waals surface area contributed by atoms with E-state index in [4.69, 9.17) is 27.9 Å². The molecule has 17 heavy (non-hydrogen) atoms. The van der Waals surface area contributed by atoms with Crippen LogP contribution in [0.4, 0.5) is 4.39 Å². The first-order chi connectivity index (χ1) is 8.06. The van der Waals surface area contributed by atoms with Gasteiger partial charge in [-0.1, -0.05) is 11.6 Å².